The lowest BCUT2D eigenvalue weighted by molar-refractivity contribution is 0.0964. The summed E-state index contributed by atoms with van der Waals surface area (Å²) in [5.74, 6) is 5.51. The summed E-state index contributed by atoms with van der Waals surface area (Å²) in [6.07, 6.45) is 1.28. The first-order valence-corrected chi connectivity index (χ1v) is 6.82. The maximum Gasteiger partial charge on any atom is 0.270 e. The van der Waals surface area contributed by atoms with Gasteiger partial charge in [0.05, 0.1) is 0 Å². The molecule has 8 heteroatoms. The number of fused-ring (bicyclic) bond motifs is 1. The summed E-state index contributed by atoms with van der Waals surface area (Å²) in [5, 5.41) is 1.84. The minimum Gasteiger partial charge on any atom is -0.393 e. The number of anilines is 3. The Balaban J connectivity index is 1.82. The van der Waals surface area contributed by atoms with E-state index in [0.717, 1.165) is 10.8 Å². The predicted molar refractivity (Wildman–Crippen MR) is 89.3 cm³/mol. The van der Waals surface area contributed by atoms with Gasteiger partial charge in [-0.1, -0.05) is 36.4 Å². The summed E-state index contributed by atoms with van der Waals surface area (Å²) < 4.78 is 0. The van der Waals surface area contributed by atoms with E-state index < -0.39 is 0 Å². The highest BCUT2D eigenvalue weighted by Crippen LogP contribution is 2.21. The van der Waals surface area contributed by atoms with Crippen molar-refractivity contribution in [1.29, 1.82) is 0 Å². The smallest absolute Gasteiger partial charge is 0.270 e. The molecular formula is C15H15N7O. The molecular weight excluding hydrogens is 294 g/mol. The van der Waals surface area contributed by atoms with Crippen LogP contribution in [-0.2, 0) is 0 Å². The first-order valence-electron chi connectivity index (χ1n) is 6.82. The molecule has 0 atom stereocenters. The van der Waals surface area contributed by atoms with E-state index in [2.05, 4.69) is 26.2 Å². The second-order valence-electron chi connectivity index (χ2n) is 4.73. The molecule has 0 aliphatic heterocycles. The van der Waals surface area contributed by atoms with Crippen LogP contribution in [0.3, 0.4) is 0 Å². The van der Waals surface area contributed by atoms with Gasteiger partial charge in [0.1, 0.15) is 12.0 Å². The number of carbonyl (C=O) groups is 1. The van der Waals surface area contributed by atoms with Crippen LogP contribution in [0.25, 0.3) is 10.8 Å². The molecule has 0 fully saturated rings. The normalized spacial score (nSPS) is 10.3. The third-order valence-corrected chi connectivity index (χ3v) is 3.35. The van der Waals surface area contributed by atoms with E-state index in [-0.39, 0.29) is 23.2 Å². The summed E-state index contributed by atoms with van der Waals surface area (Å²) in [7, 11) is 0. The van der Waals surface area contributed by atoms with Gasteiger partial charge >= 0.3 is 0 Å². The number of hydrogen-bond acceptors (Lipinski definition) is 7. The first-order chi connectivity index (χ1) is 11.2. The van der Waals surface area contributed by atoms with Crippen molar-refractivity contribution in [3.8, 4) is 0 Å². The van der Waals surface area contributed by atoms with Gasteiger partial charge in [0.15, 0.2) is 11.6 Å². The SMILES string of the molecule is NNc1ncnc(NNC(=O)c2cccc3ccccc23)c1N. The van der Waals surface area contributed by atoms with E-state index >= 15 is 0 Å². The molecule has 0 saturated carbocycles. The Morgan fingerprint density at radius 2 is 1.74 bits per heavy atom. The molecule has 0 aliphatic carbocycles. The van der Waals surface area contributed by atoms with Crippen LogP contribution in [0.4, 0.5) is 17.3 Å². The lowest BCUT2D eigenvalue weighted by atomic mass is 10.0. The van der Waals surface area contributed by atoms with Crippen molar-refractivity contribution in [2.24, 2.45) is 5.84 Å². The third-order valence-electron chi connectivity index (χ3n) is 3.35. The number of hydrogen-bond donors (Lipinski definition) is 5. The van der Waals surface area contributed by atoms with E-state index in [1.807, 2.05) is 36.4 Å². The fourth-order valence-electron chi connectivity index (χ4n) is 2.22. The van der Waals surface area contributed by atoms with Gasteiger partial charge in [0, 0.05) is 5.56 Å². The highest BCUT2D eigenvalue weighted by Gasteiger charge is 2.11. The molecule has 1 aromatic heterocycles. The number of nitrogen functional groups attached to an aromatic ring is 2. The fourth-order valence-corrected chi connectivity index (χ4v) is 2.22. The number of hydrazine groups is 2. The standard InChI is InChI=1S/C15H15N7O/c16-12-13(20-17)18-8-19-14(12)21-22-15(23)11-7-3-5-9-4-1-2-6-10(9)11/h1-8H,16-17H2,(H,22,23)(H2,18,19,20,21). The Morgan fingerprint density at radius 1 is 1.00 bits per heavy atom. The Bertz CT molecular complexity index is 860. The summed E-state index contributed by atoms with van der Waals surface area (Å²) in [6.45, 7) is 0. The fraction of sp³-hybridized carbons (Fsp3) is 0. The zero-order chi connectivity index (χ0) is 16.2. The monoisotopic (exact) mass is 309 g/mol. The number of benzene rings is 2. The summed E-state index contributed by atoms with van der Waals surface area (Å²) in [5.41, 5.74) is 14.2. The van der Waals surface area contributed by atoms with Crippen LogP contribution >= 0.6 is 0 Å². The van der Waals surface area contributed by atoms with Crippen LogP contribution in [0.1, 0.15) is 10.4 Å². The van der Waals surface area contributed by atoms with Crippen LogP contribution in [0.2, 0.25) is 0 Å². The molecule has 1 amide bonds. The van der Waals surface area contributed by atoms with E-state index in [0.29, 0.717) is 5.56 Å². The summed E-state index contributed by atoms with van der Waals surface area (Å²) in [4.78, 5) is 20.2. The molecule has 23 heavy (non-hydrogen) atoms. The average molecular weight is 309 g/mol. The van der Waals surface area contributed by atoms with Gasteiger partial charge < -0.3 is 11.2 Å². The van der Waals surface area contributed by atoms with Crippen molar-refractivity contribution in [3.63, 3.8) is 0 Å². The molecule has 0 saturated heterocycles. The van der Waals surface area contributed by atoms with Crippen LogP contribution in [0.15, 0.2) is 48.8 Å². The zero-order valence-corrected chi connectivity index (χ0v) is 12.1. The molecule has 1 heterocycles. The highest BCUT2D eigenvalue weighted by molar-refractivity contribution is 6.07. The lowest BCUT2D eigenvalue weighted by Crippen LogP contribution is -2.30. The van der Waals surface area contributed by atoms with E-state index in [9.17, 15) is 4.79 Å². The molecule has 0 bridgehead atoms. The van der Waals surface area contributed by atoms with Crippen LogP contribution in [0.5, 0.6) is 0 Å². The molecule has 0 radical (unpaired) electrons. The molecule has 3 aromatic rings. The zero-order valence-electron chi connectivity index (χ0n) is 12.1. The van der Waals surface area contributed by atoms with Crippen molar-refractivity contribution in [1.82, 2.24) is 15.4 Å². The quantitative estimate of drug-likeness (QED) is 0.362. The highest BCUT2D eigenvalue weighted by atomic mass is 16.2. The van der Waals surface area contributed by atoms with Gasteiger partial charge in [-0.15, -0.1) is 0 Å². The van der Waals surface area contributed by atoms with Gasteiger partial charge in [0.25, 0.3) is 5.91 Å². The van der Waals surface area contributed by atoms with E-state index in [1.165, 1.54) is 6.33 Å². The molecule has 7 N–H and O–H groups in total. The predicted octanol–water partition coefficient (Wildman–Crippen LogP) is 1.25. The van der Waals surface area contributed by atoms with Gasteiger partial charge in [-0.25, -0.2) is 15.8 Å². The second kappa shape index (κ2) is 6.16. The minimum absolute atomic E-state index is 0.202. The van der Waals surface area contributed by atoms with Crippen LogP contribution in [0, 0.1) is 0 Å². The number of rotatable bonds is 4. The maximum atomic E-state index is 12.4. The number of carbonyl (C=O) groups excluding carboxylic acids is 1. The van der Waals surface area contributed by atoms with Gasteiger partial charge in [-0.2, -0.15) is 0 Å². The number of aromatic nitrogens is 2. The molecule has 8 nitrogen and oxygen atoms in total. The van der Waals surface area contributed by atoms with Crippen molar-refractivity contribution >= 4 is 34.0 Å². The first kappa shape index (κ1) is 14.5. The Hall–Kier alpha value is -3.39. The van der Waals surface area contributed by atoms with Gasteiger partial charge in [-0.3, -0.25) is 15.6 Å². The number of nitrogens with zero attached hydrogens (tertiary/aromatic N) is 2. The molecule has 0 aliphatic rings. The summed E-state index contributed by atoms with van der Waals surface area (Å²) >= 11 is 0. The van der Waals surface area contributed by atoms with E-state index in [1.54, 1.807) is 6.07 Å². The van der Waals surface area contributed by atoms with Crippen molar-refractivity contribution in [2.45, 2.75) is 0 Å². The molecule has 116 valence electrons. The molecule has 3 rings (SSSR count). The number of nitrogens with two attached hydrogens (primary N) is 2. The third kappa shape index (κ3) is 2.83. The maximum absolute atomic E-state index is 12.4. The number of amides is 1. The van der Waals surface area contributed by atoms with E-state index in [4.69, 9.17) is 11.6 Å². The van der Waals surface area contributed by atoms with Crippen LogP contribution < -0.4 is 27.9 Å². The molecule has 2 aromatic carbocycles. The minimum atomic E-state index is -0.304. The Labute approximate surface area is 131 Å². The molecule has 0 unspecified atom stereocenters. The van der Waals surface area contributed by atoms with Crippen LogP contribution in [-0.4, -0.2) is 15.9 Å². The van der Waals surface area contributed by atoms with Crippen molar-refractivity contribution < 1.29 is 4.79 Å². The lowest BCUT2D eigenvalue weighted by Gasteiger charge is -2.12. The second-order valence-corrected chi connectivity index (χ2v) is 4.73. The number of nitrogens with one attached hydrogen (secondary N) is 3. The topological polar surface area (TPSA) is 131 Å². The Morgan fingerprint density at radius 3 is 2.57 bits per heavy atom. The Kier molecular flexibility index (Phi) is 3.89. The van der Waals surface area contributed by atoms with Crippen molar-refractivity contribution in [2.75, 3.05) is 16.6 Å². The molecule has 0 spiro atoms. The van der Waals surface area contributed by atoms with Gasteiger partial charge in [0.2, 0.25) is 0 Å². The summed E-state index contributed by atoms with van der Waals surface area (Å²) in [6, 6.07) is 13.2. The van der Waals surface area contributed by atoms with Gasteiger partial charge in [-0.05, 0) is 16.8 Å². The largest absolute Gasteiger partial charge is 0.393 e. The van der Waals surface area contributed by atoms with Crippen molar-refractivity contribution in [3.05, 3.63) is 54.4 Å². The average Bonchev–Trinajstić information content (AvgIpc) is 2.60.